The van der Waals surface area contributed by atoms with E-state index in [1.54, 1.807) is 12.1 Å². The van der Waals surface area contributed by atoms with Crippen molar-refractivity contribution in [3.8, 4) is 0 Å². The molecule has 0 aromatic heterocycles. The standard InChI is InChI=1S/C18H26F3N3O/c1-3-5-6-11-23-17(22-4-2)24-12-15-7-9-16(10-8-15)13-25-14-18(19,20)21/h3,5,7-10H,4,6,11-14H2,1-2H3,(H2,22,23,24)/b5-3+. The Morgan fingerprint density at radius 2 is 1.84 bits per heavy atom. The van der Waals surface area contributed by atoms with Crippen LogP contribution in [0.4, 0.5) is 13.2 Å². The molecule has 0 amide bonds. The van der Waals surface area contributed by atoms with Crippen LogP contribution in [0.2, 0.25) is 0 Å². The highest BCUT2D eigenvalue weighted by molar-refractivity contribution is 5.79. The first kappa shape index (κ1) is 21.0. The predicted molar refractivity (Wildman–Crippen MR) is 94.4 cm³/mol. The van der Waals surface area contributed by atoms with Crippen molar-refractivity contribution in [3.63, 3.8) is 0 Å². The Bertz CT molecular complexity index is 539. The first-order valence-electron chi connectivity index (χ1n) is 8.30. The summed E-state index contributed by atoms with van der Waals surface area (Å²) >= 11 is 0. The lowest BCUT2D eigenvalue weighted by Gasteiger charge is -2.10. The Kier molecular flexibility index (Phi) is 9.69. The smallest absolute Gasteiger partial charge is 0.367 e. The molecule has 0 aliphatic rings. The van der Waals surface area contributed by atoms with E-state index in [2.05, 4.69) is 26.4 Å². The number of nitrogens with zero attached hydrogens (tertiary/aromatic N) is 1. The molecule has 0 fully saturated rings. The van der Waals surface area contributed by atoms with Gasteiger partial charge in [-0.25, -0.2) is 4.99 Å². The van der Waals surface area contributed by atoms with Gasteiger partial charge in [-0.15, -0.1) is 0 Å². The number of hydrogen-bond donors (Lipinski definition) is 2. The van der Waals surface area contributed by atoms with Gasteiger partial charge in [0.05, 0.1) is 13.2 Å². The molecule has 0 atom stereocenters. The van der Waals surface area contributed by atoms with Gasteiger partial charge in [-0.1, -0.05) is 36.4 Å². The molecule has 0 aliphatic heterocycles. The highest BCUT2D eigenvalue weighted by atomic mass is 19.4. The van der Waals surface area contributed by atoms with E-state index < -0.39 is 12.8 Å². The van der Waals surface area contributed by atoms with E-state index in [-0.39, 0.29) is 6.61 Å². The third kappa shape index (κ3) is 10.4. The average molecular weight is 357 g/mol. The van der Waals surface area contributed by atoms with Crippen molar-refractivity contribution in [1.29, 1.82) is 0 Å². The van der Waals surface area contributed by atoms with Gasteiger partial charge in [0, 0.05) is 13.1 Å². The number of alkyl halides is 3. The topological polar surface area (TPSA) is 45.7 Å². The van der Waals surface area contributed by atoms with E-state index in [1.807, 2.05) is 32.1 Å². The zero-order chi connectivity index (χ0) is 18.5. The number of benzene rings is 1. The lowest BCUT2D eigenvalue weighted by atomic mass is 10.1. The van der Waals surface area contributed by atoms with Gasteiger partial charge in [0.1, 0.15) is 6.61 Å². The highest BCUT2D eigenvalue weighted by Crippen LogP contribution is 2.16. The molecule has 1 aromatic carbocycles. The lowest BCUT2D eigenvalue weighted by Crippen LogP contribution is -2.37. The minimum absolute atomic E-state index is 0.0573. The maximum Gasteiger partial charge on any atom is 0.411 e. The summed E-state index contributed by atoms with van der Waals surface area (Å²) in [6.45, 7) is 4.75. The molecule has 0 heterocycles. The van der Waals surface area contributed by atoms with Gasteiger partial charge in [0.2, 0.25) is 0 Å². The van der Waals surface area contributed by atoms with Gasteiger partial charge in [-0.05, 0) is 31.4 Å². The van der Waals surface area contributed by atoms with Crippen molar-refractivity contribution in [3.05, 3.63) is 47.5 Å². The van der Waals surface area contributed by atoms with Crippen LogP contribution in [0.25, 0.3) is 0 Å². The maximum absolute atomic E-state index is 12.0. The average Bonchev–Trinajstić information content (AvgIpc) is 2.56. The molecule has 7 heteroatoms. The van der Waals surface area contributed by atoms with E-state index in [1.165, 1.54) is 0 Å². The van der Waals surface area contributed by atoms with Crippen LogP contribution in [0.5, 0.6) is 0 Å². The molecular formula is C18H26F3N3O. The second kappa shape index (κ2) is 11.5. The molecule has 0 saturated heterocycles. The third-order valence-corrected chi connectivity index (χ3v) is 3.16. The quantitative estimate of drug-likeness (QED) is 0.306. The normalized spacial score (nSPS) is 12.6. The molecule has 1 aromatic rings. The second-order valence-corrected chi connectivity index (χ2v) is 5.40. The minimum atomic E-state index is -4.29. The highest BCUT2D eigenvalue weighted by Gasteiger charge is 2.27. The van der Waals surface area contributed by atoms with E-state index in [0.717, 1.165) is 31.0 Å². The van der Waals surface area contributed by atoms with Crippen LogP contribution < -0.4 is 10.6 Å². The van der Waals surface area contributed by atoms with Crippen LogP contribution in [0.3, 0.4) is 0 Å². The Hall–Kier alpha value is -2.02. The fraction of sp³-hybridized carbons (Fsp3) is 0.500. The molecule has 0 aliphatic carbocycles. The van der Waals surface area contributed by atoms with Crippen molar-refractivity contribution in [2.75, 3.05) is 19.7 Å². The number of nitrogens with one attached hydrogen (secondary N) is 2. The van der Waals surface area contributed by atoms with Crippen molar-refractivity contribution in [1.82, 2.24) is 10.6 Å². The van der Waals surface area contributed by atoms with Crippen molar-refractivity contribution in [2.45, 2.75) is 39.6 Å². The van der Waals surface area contributed by atoms with Crippen LogP contribution in [0.1, 0.15) is 31.4 Å². The molecule has 2 N–H and O–H groups in total. The summed E-state index contributed by atoms with van der Waals surface area (Å²) in [6.07, 6.45) is 0.715. The van der Waals surface area contributed by atoms with Gasteiger partial charge < -0.3 is 15.4 Å². The Morgan fingerprint density at radius 3 is 2.44 bits per heavy atom. The van der Waals surface area contributed by atoms with Crippen molar-refractivity contribution in [2.24, 2.45) is 4.99 Å². The minimum Gasteiger partial charge on any atom is -0.367 e. The van der Waals surface area contributed by atoms with E-state index in [0.29, 0.717) is 12.1 Å². The fourth-order valence-corrected chi connectivity index (χ4v) is 1.98. The molecule has 0 unspecified atom stereocenters. The Balaban J connectivity index is 2.48. The first-order chi connectivity index (χ1) is 11.9. The van der Waals surface area contributed by atoms with Crippen LogP contribution in [0, 0.1) is 0 Å². The first-order valence-corrected chi connectivity index (χ1v) is 8.30. The number of aliphatic imine (C=N–C) groups is 1. The van der Waals surface area contributed by atoms with Gasteiger partial charge >= 0.3 is 6.18 Å². The van der Waals surface area contributed by atoms with Crippen LogP contribution >= 0.6 is 0 Å². The summed E-state index contributed by atoms with van der Waals surface area (Å²) in [4.78, 5) is 4.50. The molecule has 0 spiro atoms. The fourth-order valence-electron chi connectivity index (χ4n) is 1.98. The third-order valence-electron chi connectivity index (χ3n) is 3.16. The molecule has 25 heavy (non-hydrogen) atoms. The zero-order valence-corrected chi connectivity index (χ0v) is 14.7. The second-order valence-electron chi connectivity index (χ2n) is 5.40. The van der Waals surface area contributed by atoms with Crippen molar-refractivity contribution < 1.29 is 17.9 Å². The lowest BCUT2D eigenvalue weighted by molar-refractivity contribution is -0.176. The maximum atomic E-state index is 12.0. The number of rotatable bonds is 9. The van der Waals surface area contributed by atoms with Gasteiger partial charge in [-0.3, -0.25) is 0 Å². The van der Waals surface area contributed by atoms with Crippen LogP contribution in [-0.4, -0.2) is 31.8 Å². The summed E-state index contributed by atoms with van der Waals surface area (Å²) in [7, 11) is 0. The number of halogens is 3. The van der Waals surface area contributed by atoms with E-state index in [4.69, 9.17) is 0 Å². The molecule has 0 saturated carbocycles. The van der Waals surface area contributed by atoms with Crippen molar-refractivity contribution >= 4 is 5.96 Å². The van der Waals surface area contributed by atoms with Gasteiger partial charge in [-0.2, -0.15) is 13.2 Å². The Morgan fingerprint density at radius 1 is 1.16 bits per heavy atom. The summed E-state index contributed by atoms with van der Waals surface area (Å²) in [5.41, 5.74) is 1.68. The molecule has 140 valence electrons. The molecule has 0 radical (unpaired) electrons. The van der Waals surface area contributed by atoms with E-state index >= 15 is 0 Å². The van der Waals surface area contributed by atoms with E-state index in [9.17, 15) is 13.2 Å². The summed E-state index contributed by atoms with van der Waals surface area (Å²) in [6, 6.07) is 7.21. The monoisotopic (exact) mass is 357 g/mol. The summed E-state index contributed by atoms with van der Waals surface area (Å²) in [5.74, 6) is 0.740. The molecule has 1 rings (SSSR count). The zero-order valence-electron chi connectivity index (χ0n) is 14.7. The molecular weight excluding hydrogens is 331 g/mol. The van der Waals surface area contributed by atoms with Gasteiger partial charge in [0.25, 0.3) is 0 Å². The van der Waals surface area contributed by atoms with Crippen LogP contribution in [0.15, 0.2) is 41.4 Å². The largest absolute Gasteiger partial charge is 0.411 e. The number of hydrogen-bond acceptors (Lipinski definition) is 2. The summed E-state index contributed by atoms with van der Waals surface area (Å²) < 4.78 is 40.8. The van der Waals surface area contributed by atoms with Crippen LogP contribution in [-0.2, 0) is 17.9 Å². The number of ether oxygens (including phenoxy) is 1. The summed E-state index contributed by atoms with van der Waals surface area (Å²) in [5, 5.41) is 6.41. The predicted octanol–water partition coefficient (Wildman–Crippen LogP) is 3.79. The number of allylic oxidation sites excluding steroid dienone is 1. The Labute approximate surface area is 147 Å². The molecule has 0 bridgehead atoms. The van der Waals surface area contributed by atoms with Gasteiger partial charge in [0.15, 0.2) is 5.96 Å². The molecule has 4 nitrogen and oxygen atoms in total. The number of guanidine groups is 1. The SMILES string of the molecule is C/C=C/CCNC(=NCc1ccc(COCC(F)(F)F)cc1)NCC.